The summed E-state index contributed by atoms with van der Waals surface area (Å²) in [5, 5.41) is 5.02. The van der Waals surface area contributed by atoms with E-state index < -0.39 is 0 Å². The Morgan fingerprint density at radius 1 is 1.20 bits per heavy atom. The second-order valence-corrected chi connectivity index (χ2v) is 5.99. The molecule has 0 spiro atoms. The van der Waals surface area contributed by atoms with Crippen LogP contribution < -0.4 is 5.73 Å². The Hall–Kier alpha value is -2.14. The summed E-state index contributed by atoms with van der Waals surface area (Å²) in [6.07, 6.45) is 3.84. The highest BCUT2D eigenvalue weighted by Crippen LogP contribution is 2.34. The molecule has 3 aromatic rings. The van der Waals surface area contributed by atoms with Gasteiger partial charge in [0, 0.05) is 16.6 Å². The Labute approximate surface area is 121 Å². The maximum Gasteiger partial charge on any atom is 0.180 e. The molecule has 0 atom stereocenters. The van der Waals surface area contributed by atoms with E-state index >= 15 is 0 Å². The molecule has 0 aliphatic carbocycles. The highest BCUT2D eigenvalue weighted by molar-refractivity contribution is 7.15. The van der Waals surface area contributed by atoms with Gasteiger partial charge in [-0.05, 0) is 18.1 Å². The van der Waals surface area contributed by atoms with E-state index in [1.165, 1.54) is 4.88 Å². The van der Waals surface area contributed by atoms with E-state index in [9.17, 15) is 0 Å². The lowest BCUT2D eigenvalue weighted by Crippen LogP contribution is -1.92. The lowest BCUT2D eigenvalue weighted by molar-refractivity contribution is 0.880. The predicted molar refractivity (Wildman–Crippen MR) is 83.2 cm³/mol. The zero-order valence-corrected chi connectivity index (χ0v) is 12.3. The van der Waals surface area contributed by atoms with E-state index in [0.29, 0.717) is 11.0 Å². The monoisotopic (exact) mass is 284 g/mol. The number of para-hydroxylation sites is 1. The normalized spacial score (nSPS) is 11.2. The second-order valence-electron chi connectivity index (χ2n) is 4.93. The minimum absolute atomic E-state index is 0.403. The molecule has 0 amide bonds. The number of thiazole rings is 1. The van der Waals surface area contributed by atoms with Gasteiger partial charge in [-0.25, -0.2) is 9.67 Å². The third-order valence-corrected chi connectivity index (χ3v) is 4.26. The minimum atomic E-state index is 0.403. The van der Waals surface area contributed by atoms with Gasteiger partial charge in [0.25, 0.3) is 0 Å². The maximum absolute atomic E-state index is 5.85. The molecule has 0 saturated carbocycles. The molecule has 0 aliphatic rings. The van der Waals surface area contributed by atoms with E-state index in [0.717, 1.165) is 16.9 Å². The molecular weight excluding hydrogens is 268 g/mol. The van der Waals surface area contributed by atoms with Crippen molar-refractivity contribution >= 4 is 16.5 Å². The number of benzene rings is 1. The fourth-order valence-corrected chi connectivity index (χ4v) is 2.97. The first kappa shape index (κ1) is 12.9. The largest absolute Gasteiger partial charge is 0.375 e. The van der Waals surface area contributed by atoms with Gasteiger partial charge in [-0.15, -0.1) is 11.3 Å². The molecule has 0 radical (unpaired) electrons. The number of hydrogen-bond donors (Lipinski definition) is 1. The van der Waals surface area contributed by atoms with Crippen molar-refractivity contribution in [1.29, 1.82) is 0 Å². The van der Waals surface area contributed by atoms with Gasteiger partial charge in [0.2, 0.25) is 0 Å². The van der Waals surface area contributed by atoms with Crippen LogP contribution in [0.5, 0.6) is 0 Å². The molecule has 102 valence electrons. The van der Waals surface area contributed by atoms with Crippen molar-refractivity contribution in [1.82, 2.24) is 14.8 Å². The highest BCUT2D eigenvalue weighted by Gasteiger charge is 2.16. The first-order chi connectivity index (χ1) is 9.65. The molecule has 0 aliphatic heterocycles. The SMILES string of the molecule is CC(C)c1sc(N)nc1-c1cnn(-c2ccccc2)c1. The Bertz CT molecular complexity index is 713. The van der Waals surface area contributed by atoms with E-state index in [-0.39, 0.29) is 0 Å². The number of nitrogens with zero attached hydrogens (tertiary/aromatic N) is 3. The van der Waals surface area contributed by atoms with Crippen LogP contribution in [-0.2, 0) is 0 Å². The van der Waals surface area contributed by atoms with Gasteiger partial charge in [-0.2, -0.15) is 5.10 Å². The van der Waals surface area contributed by atoms with Crippen LogP contribution >= 0.6 is 11.3 Å². The van der Waals surface area contributed by atoms with Crippen molar-refractivity contribution in [3.05, 3.63) is 47.6 Å². The lowest BCUT2D eigenvalue weighted by Gasteiger charge is -2.02. The summed E-state index contributed by atoms with van der Waals surface area (Å²) in [4.78, 5) is 5.66. The van der Waals surface area contributed by atoms with Crippen LogP contribution in [0.4, 0.5) is 5.13 Å². The molecule has 2 heterocycles. The van der Waals surface area contributed by atoms with Crippen LogP contribution in [0.3, 0.4) is 0 Å². The van der Waals surface area contributed by atoms with Crippen molar-refractivity contribution in [3.63, 3.8) is 0 Å². The molecule has 20 heavy (non-hydrogen) atoms. The summed E-state index contributed by atoms with van der Waals surface area (Å²) in [6, 6.07) is 10.0. The average molecular weight is 284 g/mol. The van der Waals surface area contributed by atoms with Crippen LogP contribution in [0.2, 0.25) is 0 Å². The molecular formula is C15H16N4S. The zero-order chi connectivity index (χ0) is 14.1. The van der Waals surface area contributed by atoms with Crippen LogP contribution in [0.15, 0.2) is 42.7 Å². The average Bonchev–Trinajstić information content (AvgIpc) is 3.06. The molecule has 0 fully saturated rings. The first-order valence-electron chi connectivity index (χ1n) is 6.52. The molecule has 1 aromatic carbocycles. The van der Waals surface area contributed by atoms with Crippen LogP contribution in [0.25, 0.3) is 16.9 Å². The van der Waals surface area contributed by atoms with Gasteiger partial charge in [0.15, 0.2) is 5.13 Å². The molecule has 5 heteroatoms. The smallest absolute Gasteiger partial charge is 0.180 e. The number of anilines is 1. The van der Waals surface area contributed by atoms with Crippen molar-refractivity contribution in [2.45, 2.75) is 19.8 Å². The maximum atomic E-state index is 5.85. The fraction of sp³-hybridized carbons (Fsp3) is 0.200. The van der Waals surface area contributed by atoms with Gasteiger partial charge < -0.3 is 5.73 Å². The van der Waals surface area contributed by atoms with Crippen molar-refractivity contribution in [3.8, 4) is 16.9 Å². The Morgan fingerprint density at radius 2 is 1.95 bits per heavy atom. The highest BCUT2D eigenvalue weighted by atomic mass is 32.1. The Balaban J connectivity index is 2.03. The third kappa shape index (κ3) is 2.32. The van der Waals surface area contributed by atoms with Crippen molar-refractivity contribution in [2.24, 2.45) is 0 Å². The molecule has 0 unspecified atom stereocenters. The molecule has 0 bridgehead atoms. The first-order valence-corrected chi connectivity index (χ1v) is 7.33. The van der Waals surface area contributed by atoms with E-state index in [2.05, 4.69) is 23.9 Å². The van der Waals surface area contributed by atoms with Crippen LogP contribution in [0.1, 0.15) is 24.6 Å². The number of nitrogens with two attached hydrogens (primary N) is 1. The van der Waals surface area contributed by atoms with E-state index in [4.69, 9.17) is 5.73 Å². The van der Waals surface area contributed by atoms with Crippen molar-refractivity contribution in [2.75, 3.05) is 5.73 Å². The van der Waals surface area contributed by atoms with Crippen LogP contribution in [0, 0.1) is 0 Å². The molecule has 4 nitrogen and oxygen atoms in total. The summed E-state index contributed by atoms with van der Waals surface area (Å²) in [5.74, 6) is 0.403. The number of rotatable bonds is 3. The van der Waals surface area contributed by atoms with Gasteiger partial charge in [0.05, 0.1) is 17.6 Å². The van der Waals surface area contributed by atoms with Crippen LogP contribution in [-0.4, -0.2) is 14.8 Å². The summed E-state index contributed by atoms with van der Waals surface area (Å²) >= 11 is 1.55. The third-order valence-electron chi connectivity index (χ3n) is 3.07. The quantitative estimate of drug-likeness (QED) is 0.797. The number of aromatic nitrogens is 3. The summed E-state index contributed by atoms with van der Waals surface area (Å²) in [7, 11) is 0. The van der Waals surface area contributed by atoms with Gasteiger partial charge >= 0.3 is 0 Å². The Morgan fingerprint density at radius 3 is 2.65 bits per heavy atom. The van der Waals surface area contributed by atoms with Crippen molar-refractivity contribution < 1.29 is 0 Å². The summed E-state index contributed by atoms with van der Waals surface area (Å²) in [6.45, 7) is 4.30. The number of nitrogen functional groups attached to an aromatic ring is 1. The van der Waals surface area contributed by atoms with Gasteiger partial charge in [-0.1, -0.05) is 32.0 Å². The van der Waals surface area contributed by atoms with Gasteiger partial charge in [-0.3, -0.25) is 0 Å². The molecule has 3 rings (SSSR count). The van der Waals surface area contributed by atoms with Gasteiger partial charge in [0.1, 0.15) is 0 Å². The number of hydrogen-bond acceptors (Lipinski definition) is 4. The Kier molecular flexibility index (Phi) is 3.28. The standard InChI is InChI=1S/C15H16N4S/c1-10(2)14-13(18-15(16)20-14)11-8-17-19(9-11)12-6-4-3-5-7-12/h3-10H,1-2H3,(H2,16,18). The van der Waals surface area contributed by atoms with E-state index in [1.807, 2.05) is 47.4 Å². The summed E-state index contributed by atoms with van der Waals surface area (Å²) in [5.41, 5.74) is 8.84. The second kappa shape index (κ2) is 5.09. The fourth-order valence-electron chi connectivity index (χ4n) is 2.11. The topological polar surface area (TPSA) is 56.7 Å². The molecule has 2 aromatic heterocycles. The van der Waals surface area contributed by atoms with E-state index in [1.54, 1.807) is 11.3 Å². The predicted octanol–water partition coefficient (Wildman–Crippen LogP) is 3.70. The zero-order valence-electron chi connectivity index (χ0n) is 11.4. The summed E-state index contributed by atoms with van der Waals surface area (Å²) < 4.78 is 1.86. The molecule has 0 saturated heterocycles. The lowest BCUT2D eigenvalue weighted by atomic mass is 10.1. The molecule has 2 N–H and O–H groups in total. The minimum Gasteiger partial charge on any atom is -0.375 e.